The predicted molar refractivity (Wildman–Crippen MR) is 72.3 cm³/mol. The average molecular weight is 253 g/mol. The van der Waals surface area contributed by atoms with E-state index >= 15 is 0 Å². The van der Waals surface area contributed by atoms with Gasteiger partial charge in [0.05, 0.1) is 16.2 Å². The molecule has 0 aliphatic heterocycles. The first-order valence-corrected chi connectivity index (χ1v) is 5.63. The molecular weight excluding hydrogens is 242 g/mol. The summed E-state index contributed by atoms with van der Waals surface area (Å²) in [5.74, 6) is 0. The quantitative estimate of drug-likeness (QED) is 0.670. The zero-order chi connectivity index (χ0) is 13.8. The highest BCUT2D eigenvalue weighted by molar-refractivity contribution is 5.73. The third kappa shape index (κ3) is 2.69. The van der Waals surface area contributed by atoms with E-state index in [-0.39, 0.29) is 5.69 Å². The van der Waals surface area contributed by atoms with Crippen molar-refractivity contribution in [1.82, 2.24) is 0 Å². The lowest BCUT2D eigenvalue weighted by atomic mass is 10.1. The lowest BCUT2D eigenvalue weighted by Crippen LogP contribution is -1.98. The maximum atomic E-state index is 10.9. The fourth-order valence-electron chi connectivity index (χ4n) is 1.74. The van der Waals surface area contributed by atoms with Gasteiger partial charge in [0.2, 0.25) is 0 Å². The maximum Gasteiger partial charge on any atom is 0.292 e. The first kappa shape index (κ1) is 12.6. The van der Waals surface area contributed by atoms with Gasteiger partial charge in [-0.3, -0.25) is 10.1 Å². The minimum absolute atomic E-state index is 0.0205. The van der Waals surface area contributed by atoms with Gasteiger partial charge in [-0.1, -0.05) is 18.2 Å². The topological polar surface area (TPSA) is 79.0 Å². The SMILES string of the molecule is Cc1ccc(C#N)c(Nc2ccccc2[N+](=O)[O-])c1. The zero-order valence-corrected chi connectivity index (χ0v) is 10.3. The summed E-state index contributed by atoms with van der Waals surface area (Å²) in [5, 5.41) is 22.9. The summed E-state index contributed by atoms with van der Waals surface area (Å²) in [5.41, 5.74) is 2.34. The fourth-order valence-corrected chi connectivity index (χ4v) is 1.74. The van der Waals surface area contributed by atoms with E-state index in [0.717, 1.165) is 5.56 Å². The molecule has 2 rings (SSSR count). The molecule has 0 aromatic heterocycles. The van der Waals surface area contributed by atoms with Gasteiger partial charge in [-0.2, -0.15) is 5.26 Å². The number of anilines is 2. The highest BCUT2D eigenvalue weighted by Crippen LogP contribution is 2.28. The van der Waals surface area contributed by atoms with Crippen LogP contribution < -0.4 is 5.32 Å². The van der Waals surface area contributed by atoms with Crippen LogP contribution >= 0.6 is 0 Å². The summed E-state index contributed by atoms with van der Waals surface area (Å²) in [6.45, 7) is 1.89. The second-order valence-electron chi connectivity index (χ2n) is 4.06. The first-order chi connectivity index (χ1) is 9.11. The summed E-state index contributed by atoms with van der Waals surface area (Å²) in [7, 11) is 0. The number of nitro benzene ring substituents is 1. The monoisotopic (exact) mass is 253 g/mol. The summed E-state index contributed by atoms with van der Waals surface area (Å²) in [6, 6.07) is 13.7. The Morgan fingerprint density at radius 3 is 2.63 bits per heavy atom. The van der Waals surface area contributed by atoms with Crippen molar-refractivity contribution >= 4 is 17.1 Å². The Balaban J connectivity index is 2.45. The molecule has 0 unspecified atom stereocenters. The van der Waals surface area contributed by atoms with Gasteiger partial charge in [0, 0.05) is 6.07 Å². The van der Waals surface area contributed by atoms with Gasteiger partial charge in [0.1, 0.15) is 11.8 Å². The van der Waals surface area contributed by atoms with Crippen molar-refractivity contribution in [3.63, 3.8) is 0 Å². The summed E-state index contributed by atoms with van der Waals surface area (Å²) in [4.78, 5) is 10.5. The van der Waals surface area contributed by atoms with Crippen LogP contribution in [-0.2, 0) is 0 Å². The number of rotatable bonds is 3. The van der Waals surface area contributed by atoms with Crippen molar-refractivity contribution in [2.24, 2.45) is 0 Å². The van der Waals surface area contributed by atoms with Crippen LogP contribution in [-0.4, -0.2) is 4.92 Å². The van der Waals surface area contributed by atoms with Gasteiger partial charge in [0.25, 0.3) is 5.69 Å². The van der Waals surface area contributed by atoms with Crippen LogP contribution in [0.1, 0.15) is 11.1 Å². The Kier molecular flexibility index (Phi) is 3.44. The van der Waals surface area contributed by atoms with E-state index in [1.54, 1.807) is 30.3 Å². The molecule has 0 aliphatic carbocycles. The maximum absolute atomic E-state index is 10.9. The van der Waals surface area contributed by atoms with Crippen LogP contribution in [0.5, 0.6) is 0 Å². The van der Waals surface area contributed by atoms with E-state index in [1.807, 2.05) is 13.0 Å². The van der Waals surface area contributed by atoms with E-state index in [1.165, 1.54) is 6.07 Å². The number of para-hydroxylation sites is 2. The van der Waals surface area contributed by atoms with Gasteiger partial charge in [-0.05, 0) is 30.7 Å². The molecule has 5 heteroatoms. The molecule has 0 amide bonds. The van der Waals surface area contributed by atoms with Crippen LogP contribution in [0.3, 0.4) is 0 Å². The van der Waals surface area contributed by atoms with E-state index in [2.05, 4.69) is 11.4 Å². The zero-order valence-electron chi connectivity index (χ0n) is 10.3. The first-order valence-electron chi connectivity index (χ1n) is 5.63. The lowest BCUT2D eigenvalue weighted by molar-refractivity contribution is -0.383. The Morgan fingerprint density at radius 1 is 1.21 bits per heavy atom. The molecule has 0 atom stereocenters. The molecule has 94 valence electrons. The molecule has 0 saturated heterocycles. The molecule has 2 aromatic carbocycles. The fraction of sp³-hybridized carbons (Fsp3) is 0.0714. The van der Waals surface area contributed by atoms with E-state index in [9.17, 15) is 10.1 Å². The number of nitrogens with one attached hydrogen (secondary N) is 1. The second-order valence-corrected chi connectivity index (χ2v) is 4.06. The van der Waals surface area contributed by atoms with Crippen LogP contribution in [0.15, 0.2) is 42.5 Å². The Hall–Kier alpha value is -2.87. The van der Waals surface area contributed by atoms with Gasteiger partial charge in [-0.15, -0.1) is 0 Å². The highest BCUT2D eigenvalue weighted by Gasteiger charge is 2.13. The van der Waals surface area contributed by atoms with Gasteiger partial charge >= 0.3 is 0 Å². The largest absolute Gasteiger partial charge is 0.349 e. The molecule has 0 saturated carbocycles. The molecule has 0 bridgehead atoms. The number of nitriles is 1. The van der Waals surface area contributed by atoms with E-state index in [4.69, 9.17) is 5.26 Å². The average Bonchev–Trinajstić information content (AvgIpc) is 2.39. The van der Waals surface area contributed by atoms with Crippen LogP contribution in [0.25, 0.3) is 0 Å². The third-order valence-corrected chi connectivity index (χ3v) is 2.67. The lowest BCUT2D eigenvalue weighted by Gasteiger charge is -2.09. The van der Waals surface area contributed by atoms with Crippen molar-refractivity contribution in [2.75, 3.05) is 5.32 Å². The molecule has 0 radical (unpaired) electrons. The molecule has 5 nitrogen and oxygen atoms in total. The molecule has 0 aliphatic rings. The summed E-state index contributed by atoms with van der Waals surface area (Å²) >= 11 is 0. The third-order valence-electron chi connectivity index (χ3n) is 2.67. The van der Waals surface area contributed by atoms with Crippen molar-refractivity contribution in [3.8, 4) is 6.07 Å². The van der Waals surface area contributed by atoms with Crippen molar-refractivity contribution in [2.45, 2.75) is 6.92 Å². The predicted octanol–water partition coefficient (Wildman–Crippen LogP) is 3.52. The molecule has 0 heterocycles. The Morgan fingerprint density at radius 2 is 1.95 bits per heavy atom. The number of hydrogen-bond acceptors (Lipinski definition) is 4. The summed E-state index contributed by atoms with van der Waals surface area (Å²) < 4.78 is 0. The second kappa shape index (κ2) is 5.19. The molecular formula is C14H11N3O2. The van der Waals surface area contributed by atoms with E-state index < -0.39 is 4.92 Å². The van der Waals surface area contributed by atoms with Crippen molar-refractivity contribution in [1.29, 1.82) is 5.26 Å². The molecule has 1 N–H and O–H groups in total. The number of aryl methyl sites for hydroxylation is 1. The van der Waals surface area contributed by atoms with Crippen molar-refractivity contribution < 1.29 is 4.92 Å². The molecule has 0 fully saturated rings. The standard InChI is InChI=1S/C14H11N3O2/c1-10-6-7-11(9-15)13(8-10)16-12-4-2-3-5-14(12)17(18)19/h2-8,16H,1H3. The summed E-state index contributed by atoms with van der Waals surface area (Å²) in [6.07, 6.45) is 0. The van der Waals surface area contributed by atoms with Gasteiger partial charge in [-0.25, -0.2) is 0 Å². The van der Waals surface area contributed by atoms with Crippen molar-refractivity contribution in [3.05, 3.63) is 63.7 Å². The Labute approximate surface area is 110 Å². The Bertz CT molecular complexity index is 675. The van der Waals surface area contributed by atoms with Crippen LogP contribution in [0.2, 0.25) is 0 Å². The normalized spacial score (nSPS) is 9.68. The molecule has 2 aromatic rings. The highest BCUT2D eigenvalue weighted by atomic mass is 16.6. The van der Waals surface area contributed by atoms with Gasteiger partial charge < -0.3 is 5.32 Å². The number of hydrogen-bond donors (Lipinski definition) is 1. The van der Waals surface area contributed by atoms with E-state index in [0.29, 0.717) is 16.9 Å². The minimum Gasteiger partial charge on any atom is -0.349 e. The van der Waals surface area contributed by atoms with Crippen LogP contribution in [0, 0.1) is 28.4 Å². The smallest absolute Gasteiger partial charge is 0.292 e. The minimum atomic E-state index is -0.454. The molecule has 19 heavy (non-hydrogen) atoms. The molecule has 0 spiro atoms. The van der Waals surface area contributed by atoms with Crippen LogP contribution in [0.4, 0.5) is 17.1 Å². The number of nitrogens with zero attached hydrogens (tertiary/aromatic N) is 2. The van der Waals surface area contributed by atoms with Gasteiger partial charge in [0.15, 0.2) is 0 Å². The number of benzene rings is 2. The number of nitro groups is 1.